The van der Waals surface area contributed by atoms with E-state index in [4.69, 9.17) is 0 Å². The van der Waals surface area contributed by atoms with Crippen molar-refractivity contribution in [2.45, 2.75) is 32.4 Å². The highest BCUT2D eigenvalue weighted by Crippen LogP contribution is 2.22. The molecule has 0 rings (SSSR count). The van der Waals surface area contributed by atoms with Crippen molar-refractivity contribution in [2.24, 2.45) is 4.40 Å². The van der Waals surface area contributed by atoms with E-state index in [9.17, 15) is 13.2 Å². The summed E-state index contributed by atoms with van der Waals surface area (Å²) in [4.78, 5) is 0. The monoisotopic (exact) mass is 185 g/mol. The fraction of sp³-hybridized carbons (Fsp3) is 0.833. The zero-order valence-electron chi connectivity index (χ0n) is 6.15. The second-order valence-electron chi connectivity index (χ2n) is 2.13. The molecule has 0 radical (unpaired) electrons. The maximum absolute atomic E-state index is 11.6. The normalized spacial score (nSPS) is 13.7. The van der Waals surface area contributed by atoms with Crippen LogP contribution in [0.25, 0.3) is 0 Å². The summed E-state index contributed by atoms with van der Waals surface area (Å²) >= 11 is 3.55. The van der Waals surface area contributed by atoms with Gasteiger partial charge in [0.2, 0.25) is 0 Å². The van der Waals surface area contributed by atoms with Crippen LogP contribution in [-0.2, 0) is 0 Å². The summed E-state index contributed by atoms with van der Waals surface area (Å²) in [5, 5.41) is 0. The van der Waals surface area contributed by atoms with Gasteiger partial charge in [0.25, 0.3) is 0 Å². The summed E-state index contributed by atoms with van der Waals surface area (Å²) in [6, 6.07) is 0. The average Bonchev–Trinajstić information content (AvgIpc) is 1.88. The molecule has 0 aliphatic carbocycles. The van der Waals surface area contributed by atoms with E-state index in [1.807, 2.05) is 0 Å². The minimum atomic E-state index is -4.08. The first-order valence-electron chi connectivity index (χ1n) is 3.26. The highest BCUT2D eigenvalue weighted by atomic mass is 32.1. The van der Waals surface area contributed by atoms with Gasteiger partial charge in [0.1, 0.15) is 0 Å². The fourth-order valence-corrected chi connectivity index (χ4v) is 0.825. The van der Waals surface area contributed by atoms with Crippen molar-refractivity contribution >= 4 is 18.5 Å². The molecule has 11 heavy (non-hydrogen) atoms. The lowest BCUT2D eigenvalue weighted by atomic mass is 10.2. The molecule has 0 N–H and O–H groups in total. The minimum Gasteiger partial charge on any atom is -0.229 e. The Kier molecular flexibility index (Phi) is 4.56. The average molecular weight is 185 g/mol. The van der Waals surface area contributed by atoms with Crippen LogP contribution in [0.15, 0.2) is 4.40 Å². The molecular formula is C6H10F3NS. The van der Waals surface area contributed by atoms with E-state index >= 15 is 0 Å². The van der Waals surface area contributed by atoms with Crippen molar-refractivity contribution in [3.63, 3.8) is 0 Å². The Labute approximate surface area is 69.2 Å². The molecule has 5 heteroatoms. The molecule has 0 amide bonds. The lowest BCUT2D eigenvalue weighted by Gasteiger charge is -2.05. The first kappa shape index (κ1) is 10.8. The van der Waals surface area contributed by atoms with Crippen molar-refractivity contribution in [3.8, 4) is 0 Å². The molecule has 0 aliphatic rings. The molecule has 0 saturated carbocycles. The molecule has 1 nitrogen and oxygen atoms in total. The minimum absolute atomic E-state index is 0.0382. The predicted molar refractivity (Wildman–Crippen MR) is 42.0 cm³/mol. The molecule has 0 heterocycles. The number of rotatable bonds is 3. The van der Waals surface area contributed by atoms with E-state index in [0.29, 0.717) is 12.1 Å². The van der Waals surface area contributed by atoms with E-state index in [1.165, 1.54) is 0 Å². The van der Waals surface area contributed by atoms with Gasteiger partial charge in [-0.15, -0.1) is 0 Å². The van der Waals surface area contributed by atoms with Crippen LogP contribution in [-0.4, -0.2) is 11.9 Å². The van der Waals surface area contributed by atoms with Gasteiger partial charge in [0.15, 0.2) is 0 Å². The van der Waals surface area contributed by atoms with E-state index in [0.717, 1.165) is 0 Å². The number of thiol groups is 1. The van der Waals surface area contributed by atoms with E-state index in [-0.39, 0.29) is 6.42 Å². The number of hydrogen-bond donors (Lipinski definition) is 1. The Bertz CT molecular complexity index is 141. The first-order valence-corrected chi connectivity index (χ1v) is 3.66. The smallest absolute Gasteiger partial charge is 0.229 e. The molecular weight excluding hydrogens is 175 g/mol. The van der Waals surface area contributed by atoms with Crippen LogP contribution >= 0.6 is 12.8 Å². The summed E-state index contributed by atoms with van der Waals surface area (Å²) in [6.07, 6.45) is -4.40. The Morgan fingerprint density at radius 3 is 2.27 bits per heavy atom. The molecule has 0 aliphatic heterocycles. The molecule has 0 saturated heterocycles. The molecule has 0 aromatic rings. The molecule has 0 spiro atoms. The van der Waals surface area contributed by atoms with Gasteiger partial charge in [0.05, 0.1) is 0 Å². The third-order valence-electron chi connectivity index (χ3n) is 1.25. The van der Waals surface area contributed by atoms with Gasteiger partial charge in [-0.25, -0.2) is 4.40 Å². The van der Waals surface area contributed by atoms with Crippen LogP contribution in [0.2, 0.25) is 0 Å². The Hall–Kier alpha value is -0.190. The standard InChI is InChI=1S/C6H10F3NS/c1-2-5(10-11)3-4-6(7,8)9/h11H,2-4H2,1H3. The quantitative estimate of drug-likeness (QED) is 0.512. The summed E-state index contributed by atoms with van der Waals surface area (Å²) in [5.74, 6) is 0. The van der Waals surface area contributed by atoms with Gasteiger partial charge in [0, 0.05) is 12.1 Å². The zero-order chi connectivity index (χ0) is 8.91. The van der Waals surface area contributed by atoms with Gasteiger partial charge < -0.3 is 0 Å². The van der Waals surface area contributed by atoms with Crippen LogP contribution in [0.1, 0.15) is 26.2 Å². The fourth-order valence-electron chi connectivity index (χ4n) is 0.584. The van der Waals surface area contributed by atoms with E-state index in [2.05, 4.69) is 17.2 Å². The SMILES string of the molecule is CCC(CCC(F)(F)F)=NS. The number of halogens is 3. The van der Waals surface area contributed by atoms with Crippen LogP contribution in [0.4, 0.5) is 13.2 Å². The Morgan fingerprint density at radius 1 is 1.45 bits per heavy atom. The van der Waals surface area contributed by atoms with Crippen molar-refractivity contribution in [3.05, 3.63) is 0 Å². The lowest BCUT2D eigenvalue weighted by molar-refractivity contribution is -0.132. The highest BCUT2D eigenvalue weighted by Gasteiger charge is 2.26. The van der Waals surface area contributed by atoms with E-state index < -0.39 is 12.6 Å². The third-order valence-corrected chi connectivity index (χ3v) is 1.53. The molecule has 0 atom stereocenters. The highest BCUT2D eigenvalue weighted by molar-refractivity contribution is 7.79. The Morgan fingerprint density at radius 2 is 2.00 bits per heavy atom. The van der Waals surface area contributed by atoms with Gasteiger partial charge in [-0.3, -0.25) is 0 Å². The topological polar surface area (TPSA) is 12.4 Å². The maximum atomic E-state index is 11.6. The maximum Gasteiger partial charge on any atom is 0.389 e. The largest absolute Gasteiger partial charge is 0.389 e. The van der Waals surface area contributed by atoms with E-state index in [1.54, 1.807) is 6.92 Å². The summed E-state index contributed by atoms with van der Waals surface area (Å²) in [7, 11) is 0. The van der Waals surface area contributed by atoms with Crippen molar-refractivity contribution < 1.29 is 13.2 Å². The van der Waals surface area contributed by atoms with Crippen molar-refractivity contribution in [2.75, 3.05) is 0 Å². The molecule has 66 valence electrons. The van der Waals surface area contributed by atoms with Gasteiger partial charge >= 0.3 is 6.18 Å². The Balaban J connectivity index is 3.70. The van der Waals surface area contributed by atoms with Crippen LogP contribution in [0.3, 0.4) is 0 Å². The van der Waals surface area contributed by atoms with Gasteiger partial charge in [-0.2, -0.15) is 13.2 Å². The second kappa shape index (κ2) is 4.64. The summed E-state index contributed by atoms with van der Waals surface area (Å²) in [6.45, 7) is 1.76. The predicted octanol–water partition coefficient (Wildman–Crippen LogP) is 3.02. The second-order valence-corrected chi connectivity index (χ2v) is 2.33. The molecule has 0 aromatic carbocycles. The summed E-state index contributed by atoms with van der Waals surface area (Å²) in [5.41, 5.74) is 0.491. The van der Waals surface area contributed by atoms with Crippen molar-refractivity contribution in [1.29, 1.82) is 0 Å². The first-order chi connectivity index (χ1) is 4.99. The van der Waals surface area contributed by atoms with Gasteiger partial charge in [-0.1, -0.05) is 6.92 Å². The molecule has 0 bridgehead atoms. The molecule has 0 unspecified atom stereocenters. The van der Waals surface area contributed by atoms with Crippen molar-refractivity contribution in [1.82, 2.24) is 0 Å². The lowest BCUT2D eigenvalue weighted by Crippen LogP contribution is -2.09. The molecule has 0 aromatic heterocycles. The molecule has 0 fully saturated rings. The van der Waals surface area contributed by atoms with Crippen LogP contribution in [0, 0.1) is 0 Å². The summed E-state index contributed by atoms with van der Waals surface area (Å²) < 4.78 is 38.2. The number of hydrogen-bond acceptors (Lipinski definition) is 2. The van der Waals surface area contributed by atoms with Crippen LogP contribution in [0.5, 0.6) is 0 Å². The zero-order valence-corrected chi connectivity index (χ0v) is 7.04. The number of nitrogens with zero attached hydrogens (tertiary/aromatic N) is 1. The van der Waals surface area contributed by atoms with Gasteiger partial charge in [-0.05, 0) is 25.7 Å². The van der Waals surface area contributed by atoms with Crippen LogP contribution < -0.4 is 0 Å². The third kappa shape index (κ3) is 6.22. The number of alkyl halides is 3.